The number of hydrogen-bond acceptors (Lipinski definition) is 3. The molecule has 16 heavy (non-hydrogen) atoms. The molecule has 1 atom stereocenters. The third-order valence-electron chi connectivity index (χ3n) is 3.04. The Morgan fingerprint density at radius 1 is 1.38 bits per heavy atom. The van der Waals surface area contributed by atoms with E-state index in [2.05, 4.69) is 17.4 Å². The number of hydrogen-bond donors (Lipinski definition) is 2. The SMILES string of the molecule is COc1ccc(C(NCCO)C2CC2)cc1. The van der Waals surface area contributed by atoms with Crippen molar-refractivity contribution in [2.75, 3.05) is 20.3 Å². The van der Waals surface area contributed by atoms with Crippen LogP contribution in [-0.2, 0) is 0 Å². The lowest BCUT2D eigenvalue weighted by molar-refractivity contribution is 0.280. The largest absolute Gasteiger partial charge is 0.497 e. The van der Waals surface area contributed by atoms with Gasteiger partial charge in [-0.2, -0.15) is 0 Å². The molecule has 1 aliphatic carbocycles. The monoisotopic (exact) mass is 221 g/mol. The molecule has 0 saturated heterocycles. The molecular formula is C13H19NO2. The fraction of sp³-hybridized carbons (Fsp3) is 0.538. The van der Waals surface area contributed by atoms with Crippen LogP contribution in [-0.4, -0.2) is 25.4 Å². The van der Waals surface area contributed by atoms with Crippen molar-refractivity contribution in [2.24, 2.45) is 5.92 Å². The Morgan fingerprint density at radius 3 is 2.56 bits per heavy atom. The summed E-state index contributed by atoms with van der Waals surface area (Å²) in [5.74, 6) is 1.63. The predicted octanol–water partition coefficient (Wildman–Crippen LogP) is 1.73. The Bertz CT molecular complexity index is 319. The Balaban J connectivity index is 2.05. The van der Waals surface area contributed by atoms with Crippen molar-refractivity contribution in [1.82, 2.24) is 5.32 Å². The van der Waals surface area contributed by atoms with Crippen molar-refractivity contribution < 1.29 is 9.84 Å². The maximum Gasteiger partial charge on any atom is 0.118 e. The Morgan fingerprint density at radius 2 is 2.06 bits per heavy atom. The van der Waals surface area contributed by atoms with E-state index < -0.39 is 0 Å². The summed E-state index contributed by atoms with van der Waals surface area (Å²) in [6.45, 7) is 0.854. The van der Waals surface area contributed by atoms with Crippen molar-refractivity contribution in [1.29, 1.82) is 0 Å². The molecule has 1 aromatic carbocycles. The van der Waals surface area contributed by atoms with Crippen LogP contribution < -0.4 is 10.1 Å². The number of nitrogens with one attached hydrogen (secondary N) is 1. The first-order valence-electron chi connectivity index (χ1n) is 5.83. The zero-order chi connectivity index (χ0) is 11.4. The summed E-state index contributed by atoms with van der Waals surface area (Å²) in [4.78, 5) is 0. The van der Waals surface area contributed by atoms with Gasteiger partial charge in [-0.15, -0.1) is 0 Å². The van der Waals surface area contributed by atoms with Crippen molar-refractivity contribution in [3.63, 3.8) is 0 Å². The summed E-state index contributed by atoms with van der Waals surface area (Å²) in [6, 6.07) is 8.58. The Hall–Kier alpha value is -1.06. The standard InChI is InChI=1S/C13H19NO2/c1-16-12-6-4-11(5-7-12)13(10-2-3-10)14-8-9-15/h4-7,10,13-15H,2-3,8-9H2,1H3. The van der Waals surface area contributed by atoms with E-state index in [-0.39, 0.29) is 6.61 Å². The molecule has 0 spiro atoms. The van der Waals surface area contributed by atoms with Crippen LogP contribution in [0.1, 0.15) is 24.4 Å². The van der Waals surface area contributed by atoms with Crippen LogP contribution in [0.5, 0.6) is 5.75 Å². The van der Waals surface area contributed by atoms with Gasteiger partial charge in [0.15, 0.2) is 0 Å². The topological polar surface area (TPSA) is 41.5 Å². The van der Waals surface area contributed by atoms with Crippen molar-refractivity contribution in [3.8, 4) is 5.75 Å². The summed E-state index contributed by atoms with van der Waals surface area (Å²) < 4.78 is 5.15. The lowest BCUT2D eigenvalue weighted by Crippen LogP contribution is -2.25. The predicted molar refractivity (Wildman–Crippen MR) is 63.5 cm³/mol. The number of methoxy groups -OCH3 is 1. The molecule has 1 aromatic rings. The van der Waals surface area contributed by atoms with Crippen LogP contribution in [0, 0.1) is 5.92 Å². The molecule has 0 aromatic heterocycles. The molecule has 0 amide bonds. The van der Waals surface area contributed by atoms with Crippen LogP contribution in [0.3, 0.4) is 0 Å². The van der Waals surface area contributed by atoms with Crippen LogP contribution in [0.4, 0.5) is 0 Å². The van der Waals surface area contributed by atoms with E-state index in [1.54, 1.807) is 7.11 Å². The average Bonchev–Trinajstić information content (AvgIpc) is 3.15. The number of ether oxygens (including phenoxy) is 1. The molecule has 2 N–H and O–H groups in total. The highest BCUT2D eigenvalue weighted by Gasteiger charge is 2.31. The van der Waals surface area contributed by atoms with E-state index in [0.717, 1.165) is 11.7 Å². The first-order valence-corrected chi connectivity index (χ1v) is 5.83. The second kappa shape index (κ2) is 5.32. The molecule has 2 rings (SSSR count). The number of rotatable bonds is 6. The highest BCUT2D eigenvalue weighted by Crippen LogP contribution is 2.41. The van der Waals surface area contributed by atoms with Crippen molar-refractivity contribution in [3.05, 3.63) is 29.8 Å². The Kier molecular flexibility index (Phi) is 3.80. The van der Waals surface area contributed by atoms with Gasteiger partial charge in [0.25, 0.3) is 0 Å². The van der Waals surface area contributed by atoms with E-state index >= 15 is 0 Å². The van der Waals surface area contributed by atoms with Gasteiger partial charge >= 0.3 is 0 Å². The van der Waals surface area contributed by atoms with Gasteiger partial charge in [-0.05, 0) is 36.5 Å². The summed E-state index contributed by atoms with van der Waals surface area (Å²) in [6.07, 6.45) is 2.57. The summed E-state index contributed by atoms with van der Waals surface area (Å²) in [7, 11) is 1.68. The van der Waals surface area contributed by atoms with Gasteiger partial charge in [0.05, 0.1) is 13.7 Å². The second-order valence-corrected chi connectivity index (χ2v) is 4.27. The second-order valence-electron chi connectivity index (χ2n) is 4.27. The molecule has 88 valence electrons. The third-order valence-corrected chi connectivity index (χ3v) is 3.04. The van der Waals surface area contributed by atoms with E-state index in [0.29, 0.717) is 12.6 Å². The molecule has 3 heteroatoms. The zero-order valence-electron chi connectivity index (χ0n) is 9.65. The van der Waals surface area contributed by atoms with Crippen LogP contribution in [0.15, 0.2) is 24.3 Å². The molecule has 1 fully saturated rings. The fourth-order valence-electron chi connectivity index (χ4n) is 2.02. The highest BCUT2D eigenvalue weighted by molar-refractivity contribution is 5.30. The molecule has 1 saturated carbocycles. The molecule has 0 aliphatic heterocycles. The van der Waals surface area contributed by atoms with Gasteiger partial charge in [0.1, 0.15) is 5.75 Å². The lowest BCUT2D eigenvalue weighted by atomic mass is 10.0. The molecule has 1 unspecified atom stereocenters. The minimum atomic E-state index is 0.194. The van der Waals surface area contributed by atoms with Crippen LogP contribution in [0.25, 0.3) is 0 Å². The smallest absolute Gasteiger partial charge is 0.118 e. The van der Waals surface area contributed by atoms with Crippen LogP contribution in [0.2, 0.25) is 0 Å². The number of benzene rings is 1. The van der Waals surface area contributed by atoms with Crippen LogP contribution >= 0.6 is 0 Å². The van der Waals surface area contributed by atoms with E-state index in [9.17, 15) is 0 Å². The number of aliphatic hydroxyl groups excluding tert-OH is 1. The summed E-state index contributed by atoms with van der Waals surface area (Å²) in [5, 5.41) is 12.3. The van der Waals surface area contributed by atoms with Gasteiger partial charge < -0.3 is 15.2 Å². The van der Waals surface area contributed by atoms with E-state index in [1.165, 1.54) is 18.4 Å². The molecule has 0 radical (unpaired) electrons. The molecule has 0 heterocycles. The van der Waals surface area contributed by atoms with E-state index in [1.807, 2.05) is 12.1 Å². The summed E-state index contributed by atoms with van der Waals surface area (Å²) >= 11 is 0. The van der Waals surface area contributed by atoms with E-state index in [4.69, 9.17) is 9.84 Å². The first-order chi connectivity index (χ1) is 7.85. The molecule has 0 bridgehead atoms. The van der Waals surface area contributed by atoms with Gasteiger partial charge in [-0.1, -0.05) is 12.1 Å². The van der Waals surface area contributed by atoms with Gasteiger partial charge in [-0.3, -0.25) is 0 Å². The van der Waals surface area contributed by atoms with Crippen molar-refractivity contribution in [2.45, 2.75) is 18.9 Å². The maximum atomic E-state index is 8.86. The average molecular weight is 221 g/mol. The molecular weight excluding hydrogens is 202 g/mol. The van der Waals surface area contributed by atoms with Crippen molar-refractivity contribution >= 4 is 0 Å². The quantitative estimate of drug-likeness (QED) is 0.768. The molecule has 3 nitrogen and oxygen atoms in total. The minimum Gasteiger partial charge on any atom is -0.497 e. The zero-order valence-corrected chi connectivity index (χ0v) is 9.65. The van der Waals surface area contributed by atoms with Gasteiger partial charge in [0.2, 0.25) is 0 Å². The van der Waals surface area contributed by atoms with Gasteiger partial charge in [-0.25, -0.2) is 0 Å². The first kappa shape index (κ1) is 11.4. The third kappa shape index (κ3) is 2.74. The lowest BCUT2D eigenvalue weighted by Gasteiger charge is -2.18. The minimum absolute atomic E-state index is 0.194. The maximum absolute atomic E-state index is 8.86. The Labute approximate surface area is 96.4 Å². The normalized spacial score (nSPS) is 17.1. The fourth-order valence-corrected chi connectivity index (χ4v) is 2.02. The van der Waals surface area contributed by atoms with Gasteiger partial charge in [0, 0.05) is 12.6 Å². The number of aliphatic hydroxyl groups is 1. The highest BCUT2D eigenvalue weighted by atomic mass is 16.5. The molecule has 1 aliphatic rings. The summed E-state index contributed by atoms with van der Waals surface area (Å²) in [5.41, 5.74) is 1.29.